The SMILES string of the molecule is CCc1cccc2c1N2CC. The smallest absolute Gasteiger partial charge is 0.0684 e. The molecule has 0 spiro atoms. The first-order valence-corrected chi connectivity index (χ1v) is 4.28. The molecule has 0 saturated carbocycles. The molecule has 0 N–H and O–H groups in total. The third kappa shape index (κ3) is 0.839. The maximum atomic E-state index is 2.36. The number of fused-ring (bicyclic) bond motifs is 1. The third-order valence-electron chi connectivity index (χ3n) is 2.31. The van der Waals surface area contributed by atoms with Gasteiger partial charge in [0, 0.05) is 6.54 Å². The zero-order chi connectivity index (χ0) is 7.84. The lowest BCUT2D eigenvalue weighted by molar-refractivity contribution is 1.10. The fourth-order valence-electron chi connectivity index (χ4n) is 1.67. The van der Waals surface area contributed by atoms with Gasteiger partial charge in [0.1, 0.15) is 0 Å². The molecule has 1 heteroatoms. The average Bonchev–Trinajstić information content (AvgIpc) is 2.77. The van der Waals surface area contributed by atoms with Gasteiger partial charge in [0.15, 0.2) is 0 Å². The Balaban J connectivity index is 2.37. The number of para-hydroxylation sites is 1. The van der Waals surface area contributed by atoms with Crippen LogP contribution in [0.3, 0.4) is 0 Å². The van der Waals surface area contributed by atoms with Gasteiger partial charge in [0.05, 0.1) is 11.4 Å². The first-order chi connectivity index (χ1) is 5.38. The van der Waals surface area contributed by atoms with Gasteiger partial charge in [-0.25, -0.2) is 0 Å². The molecule has 0 fully saturated rings. The van der Waals surface area contributed by atoms with E-state index in [9.17, 15) is 0 Å². The average molecular weight is 147 g/mol. The summed E-state index contributed by atoms with van der Waals surface area (Å²) in [6.07, 6.45) is 1.15. The van der Waals surface area contributed by atoms with E-state index >= 15 is 0 Å². The van der Waals surface area contributed by atoms with Crippen LogP contribution >= 0.6 is 0 Å². The molecule has 0 saturated heterocycles. The van der Waals surface area contributed by atoms with Crippen molar-refractivity contribution in [1.29, 1.82) is 0 Å². The maximum Gasteiger partial charge on any atom is 0.0684 e. The van der Waals surface area contributed by atoms with E-state index in [2.05, 4.69) is 36.9 Å². The summed E-state index contributed by atoms with van der Waals surface area (Å²) >= 11 is 0. The summed E-state index contributed by atoms with van der Waals surface area (Å²) in [5.41, 5.74) is 4.41. The van der Waals surface area contributed by atoms with Crippen LogP contribution in [-0.2, 0) is 6.42 Å². The predicted molar refractivity (Wildman–Crippen MR) is 48.5 cm³/mol. The maximum absolute atomic E-state index is 2.36. The molecule has 0 radical (unpaired) electrons. The fourth-order valence-corrected chi connectivity index (χ4v) is 1.67. The van der Waals surface area contributed by atoms with Crippen molar-refractivity contribution in [2.75, 3.05) is 11.4 Å². The van der Waals surface area contributed by atoms with Crippen molar-refractivity contribution in [2.24, 2.45) is 0 Å². The van der Waals surface area contributed by atoms with Crippen molar-refractivity contribution in [3.05, 3.63) is 23.8 Å². The van der Waals surface area contributed by atoms with Crippen molar-refractivity contribution in [3.8, 4) is 0 Å². The largest absolute Gasteiger partial charge is 0.338 e. The van der Waals surface area contributed by atoms with Gasteiger partial charge in [-0.1, -0.05) is 19.1 Å². The molecule has 0 atom stereocenters. The second-order valence-electron chi connectivity index (χ2n) is 2.88. The molecule has 1 nitrogen and oxygen atoms in total. The molecule has 1 aromatic carbocycles. The summed E-state index contributed by atoms with van der Waals surface area (Å²) in [5, 5.41) is 0. The van der Waals surface area contributed by atoms with Gasteiger partial charge >= 0.3 is 0 Å². The van der Waals surface area contributed by atoms with E-state index in [4.69, 9.17) is 0 Å². The number of benzene rings is 1. The Morgan fingerprint density at radius 2 is 2.09 bits per heavy atom. The number of hydrogen-bond acceptors (Lipinski definition) is 1. The van der Waals surface area contributed by atoms with Crippen LogP contribution in [0.4, 0.5) is 11.4 Å². The second-order valence-corrected chi connectivity index (χ2v) is 2.88. The van der Waals surface area contributed by atoms with Gasteiger partial charge in [0.25, 0.3) is 0 Å². The summed E-state index contributed by atoms with van der Waals surface area (Å²) in [6.45, 7) is 5.52. The number of anilines is 2. The number of nitrogens with zero attached hydrogens (tertiary/aromatic N) is 1. The highest BCUT2D eigenvalue weighted by Gasteiger charge is 2.28. The molecule has 0 amide bonds. The van der Waals surface area contributed by atoms with E-state index in [-0.39, 0.29) is 0 Å². The van der Waals surface area contributed by atoms with Crippen LogP contribution < -0.4 is 4.90 Å². The Hall–Kier alpha value is -0.980. The first kappa shape index (κ1) is 6.71. The molecule has 1 aromatic rings. The molecule has 11 heavy (non-hydrogen) atoms. The topological polar surface area (TPSA) is 3.01 Å². The van der Waals surface area contributed by atoms with E-state index in [1.807, 2.05) is 0 Å². The highest BCUT2D eigenvalue weighted by molar-refractivity contribution is 5.95. The molecule has 0 aromatic heterocycles. The van der Waals surface area contributed by atoms with Crippen molar-refractivity contribution in [3.63, 3.8) is 0 Å². The highest BCUT2D eigenvalue weighted by atomic mass is 15.3. The van der Waals surface area contributed by atoms with Gasteiger partial charge in [-0.2, -0.15) is 0 Å². The molecular formula is C10H13N. The van der Waals surface area contributed by atoms with E-state index < -0.39 is 0 Å². The van der Waals surface area contributed by atoms with Crippen LogP contribution in [0.2, 0.25) is 0 Å². The summed E-state index contributed by atoms with van der Waals surface area (Å²) in [6, 6.07) is 6.56. The Bertz CT molecular complexity index is 278. The summed E-state index contributed by atoms with van der Waals surface area (Å²) < 4.78 is 0. The monoisotopic (exact) mass is 147 g/mol. The molecule has 2 rings (SSSR count). The second kappa shape index (κ2) is 2.26. The van der Waals surface area contributed by atoms with E-state index in [0.29, 0.717) is 0 Å². The Kier molecular flexibility index (Phi) is 1.38. The Morgan fingerprint density at radius 1 is 1.27 bits per heavy atom. The van der Waals surface area contributed by atoms with Crippen LogP contribution in [0.5, 0.6) is 0 Å². The fraction of sp³-hybridized carbons (Fsp3) is 0.400. The lowest BCUT2D eigenvalue weighted by Crippen LogP contribution is -1.96. The molecule has 1 aliphatic rings. The normalized spacial score (nSPS) is 13.1. The van der Waals surface area contributed by atoms with E-state index in [0.717, 1.165) is 13.0 Å². The van der Waals surface area contributed by atoms with Crippen LogP contribution in [-0.4, -0.2) is 6.54 Å². The summed E-state index contributed by atoms with van der Waals surface area (Å²) in [7, 11) is 0. The van der Waals surface area contributed by atoms with Crippen LogP contribution in [0.25, 0.3) is 0 Å². The quantitative estimate of drug-likeness (QED) is 0.581. The number of rotatable bonds is 2. The zero-order valence-electron chi connectivity index (χ0n) is 7.09. The third-order valence-corrected chi connectivity index (χ3v) is 2.31. The van der Waals surface area contributed by atoms with E-state index in [1.165, 1.54) is 16.9 Å². The zero-order valence-corrected chi connectivity index (χ0v) is 7.09. The number of hydrogen-bond donors (Lipinski definition) is 0. The van der Waals surface area contributed by atoms with Crippen molar-refractivity contribution >= 4 is 11.4 Å². The van der Waals surface area contributed by atoms with Crippen molar-refractivity contribution < 1.29 is 0 Å². The Morgan fingerprint density at radius 3 is 2.73 bits per heavy atom. The minimum atomic E-state index is 1.12. The molecule has 58 valence electrons. The van der Waals surface area contributed by atoms with Crippen molar-refractivity contribution in [2.45, 2.75) is 20.3 Å². The van der Waals surface area contributed by atoms with Crippen LogP contribution in [0.1, 0.15) is 19.4 Å². The summed E-state index contributed by atoms with van der Waals surface area (Å²) in [5.74, 6) is 0. The molecular weight excluding hydrogens is 134 g/mol. The summed E-state index contributed by atoms with van der Waals surface area (Å²) in [4.78, 5) is 2.36. The first-order valence-electron chi connectivity index (χ1n) is 4.28. The predicted octanol–water partition coefficient (Wildman–Crippen LogP) is 2.72. The highest BCUT2D eigenvalue weighted by Crippen LogP contribution is 2.49. The Labute approximate surface area is 67.6 Å². The van der Waals surface area contributed by atoms with Gasteiger partial charge < -0.3 is 4.90 Å². The molecule has 1 heterocycles. The molecule has 1 aliphatic heterocycles. The molecule has 0 aliphatic carbocycles. The standard InChI is InChI=1S/C10H13N/c1-3-8-6-5-7-9-10(8)11(9)4-2/h5-7H,3-4H2,1-2H3. The van der Waals surface area contributed by atoms with Gasteiger partial charge in [-0.15, -0.1) is 0 Å². The molecule has 0 bridgehead atoms. The minimum Gasteiger partial charge on any atom is -0.338 e. The van der Waals surface area contributed by atoms with Crippen LogP contribution in [0.15, 0.2) is 18.2 Å². The van der Waals surface area contributed by atoms with Crippen molar-refractivity contribution in [1.82, 2.24) is 0 Å². The molecule has 0 unspecified atom stereocenters. The van der Waals surface area contributed by atoms with E-state index in [1.54, 1.807) is 0 Å². The van der Waals surface area contributed by atoms with Crippen LogP contribution in [0, 0.1) is 0 Å². The lowest BCUT2D eigenvalue weighted by atomic mass is 10.2. The van der Waals surface area contributed by atoms with Gasteiger partial charge in [0.2, 0.25) is 0 Å². The van der Waals surface area contributed by atoms with Gasteiger partial charge in [-0.3, -0.25) is 0 Å². The minimum absolute atomic E-state index is 1.12. The lowest BCUT2D eigenvalue weighted by Gasteiger charge is -1.95. The number of aryl methyl sites for hydroxylation is 1. The van der Waals surface area contributed by atoms with Gasteiger partial charge in [-0.05, 0) is 25.0 Å².